The molecule has 29 heavy (non-hydrogen) atoms. The first-order chi connectivity index (χ1) is 13.6. The summed E-state index contributed by atoms with van der Waals surface area (Å²) >= 11 is 0. The first kappa shape index (κ1) is 25.4. The summed E-state index contributed by atoms with van der Waals surface area (Å²) < 4.78 is 6.82. The molecular weight excluding hydrogens is 376 g/mol. The molecule has 3 nitrogen and oxygen atoms in total. The van der Waals surface area contributed by atoms with E-state index in [9.17, 15) is 10.2 Å². The average Bonchev–Trinajstić information content (AvgIpc) is 3.04. The fourth-order valence-corrected chi connectivity index (χ4v) is 10.2. The first-order valence-electron chi connectivity index (χ1n) is 12.6. The molecular formula is C25H50O3Si. The largest absolute Gasteiger partial charge is 0.412 e. The van der Waals surface area contributed by atoms with Crippen molar-refractivity contribution in [3.63, 3.8) is 0 Å². The second kappa shape index (κ2) is 10.1. The molecule has 0 radical (unpaired) electrons. The lowest BCUT2D eigenvalue weighted by Gasteiger charge is -2.46. The Bertz CT molecular complexity index is 496. The number of aliphatic hydroxyl groups excluding tert-OH is 2. The Morgan fingerprint density at radius 1 is 1.10 bits per heavy atom. The van der Waals surface area contributed by atoms with Crippen LogP contribution < -0.4 is 0 Å². The lowest BCUT2D eigenvalue weighted by Crippen LogP contribution is -2.45. The summed E-state index contributed by atoms with van der Waals surface area (Å²) in [6, 6.07) is 3.56. The minimum atomic E-state index is -1.62. The summed E-state index contributed by atoms with van der Waals surface area (Å²) in [4.78, 5) is 0. The van der Waals surface area contributed by atoms with Gasteiger partial charge in [-0.15, -0.1) is 0 Å². The smallest absolute Gasteiger partial charge is 0.192 e. The van der Waals surface area contributed by atoms with Crippen LogP contribution >= 0.6 is 0 Å². The van der Waals surface area contributed by atoms with Gasteiger partial charge in [0.15, 0.2) is 8.32 Å². The molecule has 0 aliphatic heterocycles. The zero-order valence-electron chi connectivity index (χ0n) is 20.5. The summed E-state index contributed by atoms with van der Waals surface area (Å²) in [5, 5.41) is 20.8. The molecule has 2 rings (SSSR count). The summed E-state index contributed by atoms with van der Waals surface area (Å²) in [6.45, 7) is 16.5. The molecule has 172 valence electrons. The number of rotatable bonds is 11. The van der Waals surface area contributed by atoms with Gasteiger partial charge in [-0.1, -0.05) is 41.0 Å². The van der Waals surface area contributed by atoms with Gasteiger partial charge in [0.2, 0.25) is 0 Å². The topological polar surface area (TPSA) is 49.7 Å². The summed E-state index contributed by atoms with van der Waals surface area (Å²) in [6.07, 6.45) is 7.70. The molecule has 2 aliphatic rings. The number of hydrogen-bond acceptors (Lipinski definition) is 3. The van der Waals surface area contributed by atoms with Crippen LogP contribution in [0.3, 0.4) is 0 Å². The van der Waals surface area contributed by atoms with Crippen molar-refractivity contribution >= 4 is 8.32 Å². The molecule has 0 unspecified atom stereocenters. The van der Waals surface area contributed by atoms with E-state index in [1.54, 1.807) is 0 Å². The maximum Gasteiger partial charge on any atom is 0.192 e. The van der Waals surface area contributed by atoms with E-state index < -0.39 is 8.32 Å². The van der Waals surface area contributed by atoms with Crippen LogP contribution in [0.4, 0.5) is 0 Å². The minimum Gasteiger partial charge on any atom is -0.412 e. The lowest BCUT2D eigenvalue weighted by atomic mass is 9.60. The van der Waals surface area contributed by atoms with Crippen LogP contribution in [0.2, 0.25) is 18.1 Å². The van der Waals surface area contributed by atoms with Crippen LogP contribution in [0, 0.1) is 29.1 Å². The van der Waals surface area contributed by atoms with Crippen LogP contribution in [-0.2, 0) is 4.43 Å². The fourth-order valence-electron chi connectivity index (χ4n) is 7.04. The molecule has 0 bridgehead atoms. The van der Waals surface area contributed by atoms with Gasteiger partial charge in [-0.25, -0.2) is 0 Å². The molecule has 0 aromatic rings. The van der Waals surface area contributed by atoms with Crippen molar-refractivity contribution in [2.75, 3.05) is 6.61 Å². The molecule has 2 N–H and O–H groups in total. The zero-order valence-corrected chi connectivity index (χ0v) is 21.5. The van der Waals surface area contributed by atoms with Gasteiger partial charge in [0.1, 0.15) is 0 Å². The molecule has 0 saturated heterocycles. The Morgan fingerprint density at radius 3 is 2.28 bits per heavy atom. The molecule has 2 fully saturated rings. The van der Waals surface area contributed by atoms with E-state index in [2.05, 4.69) is 48.5 Å². The van der Waals surface area contributed by atoms with Crippen molar-refractivity contribution in [2.24, 2.45) is 29.1 Å². The minimum absolute atomic E-state index is 0.107. The second-order valence-electron chi connectivity index (χ2n) is 11.2. The summed E-state index contributed by atoms with van der Waals surface area (Å²) in [5.74, 6) is 1.92. The van der Waals surface area contributed by atoms with Crippen molar-refractivity contribution in [1.29, 1.82) is 0 Å². The Labute approximate surface area is 182 Å². The summed E-state index contributed by atoms with van der Waals surface area (Å²) in [5.41, 5.74) is 0.149. The fraction of sp³-hybridized carbons (Fsp3) is 1.00. The van der Waals surface area contributed by atoms with E-state index in [1.165, 1.54) is 31.0 Å². The van der Waals surface area contributed by atoms with Crippen LogP contribution in [0.5, 0.6) is 0 Å². The van der Waals surface area contributed by atoms with Gasteiger partial charge >= 0.3 is 0 Å². The molecule has 0 spiro atoms. The van der Waals surface area contributed by atoms with Crippen LogP contribution in [0.15, 0.2) is 0 Å². The van der Waals surface area contributed by atoms with Crippen molar-refractivity contribution in [2.45, 2.75) is 123 Å². The van der Waals surface area contributed by atoms with Gasteiger partial charge in [-0.3, -0.25) is 0 Å². The van der Waals surface area contributed by atoms with Crippen molar-refractivity contribution < 1.29 is 14.6 Å². The Hall–Kier alpha value is 0.0969. The van der Waals surface area contributed by atoms with Gasteiger partial charge in [0.05, 0.1) is 11.7 Å². The molecule has 0 amide bonds. The van der Waals surface area contributed by atoms with E-state index in [0.717, 1.165) is 32.1 Å². The lowest BCUT2D eigenvalue weighted by molar-refractivity contribution is -0.0382. The molecule has 4 heteroatoms. The molecule has 2 aliphatic carbocycles. The van der Waals surface area contributed by atoms with Crippen LogP contribution in [0.1, 0.15) is 93.4 Å². The van der Waals surface area contributed by atoms with Gasteiger partial charge in [0, 0.05) is 6.61 Å². The van der Waals surface area contributed by atoms with E-state index in [0.29, 0.717) is 23.7 Å². The monoisotopic (exact) mass is 426 g/mol. The molecule has 0 heterocycles. The SMILES string of the molecule is CC[Si](CC)(CC)OC(C)(C)CC[C@H](CO)[C@@H](C)[C@H]1CC[C@H]2[C@@H](O)CCC[C@]12C. The molecule has 2 saturated carbocycles. The van der Waals surface area contributed by atoms with Crippen LogP contribution in [0.25, 0.3) is 0 Å². The highest BCUT2D eigenvalue weighted by molar-refractivity contribution is 6.73. The quantitative estimate of drug-likeness (QED) is 0.376. The second-order valence-corrected chi connectivity index (χ2v) is 15.9. The maximum absolute atomic E-state index is 10.6. The number of aliphatic hydroxyl groups is 2. The van der Waals surface area contributed by atoms with Crippen molar-refractivity contribution in [3.05, 3.63) is 0 Å². The third-order valence-corrected chi connectivity index (χ3v) is 14.2. The predicted molar refractivity (Wildman–Crippen MR) is 126 cm³/mol. The molecule has 0 aromatic heterocycles. The van der Waals surface area contributed by atoms with Crippen LogP contribution in [-0.4, -0.2) is 36.8 Å². The van der Waals surface area contributed by atoms with E-state index in [4.69, 9.17) is 4.43 Å². The van der Waals surface area contributed by atoms with Gasteiger partial charge < -0.3 is 14.6 Å². The normalized spacial score (nSPS) is 32.8. The highest BCUT2D eigenvalue weighted by Gasteiger charge is 2.53. The Balaban J connectivity index is 2.02. The van der Waals surface area contributed by atoms with Crippen molar-refractivity contribution in [3.8, 4) is 0 Å². The van der Waals surface area contributed by atoms with Gasteiger partial charge in [-0.05, 0) is 99.6 Å². The highest BCUT2D eigenvalue weighted by atomic mass is 28.4. The third-order valence-electron chi connectivity index (χ3n) is 9.32. The average molecular weight is 427 g/mol. The Kier molecular flexibility index (Phi) is 8.87. The van der Waals surface area contributed by atoms with E-state index >= 15 is 0 Å². The van der Waals surface area contributed by atoms with Gasteiger partial charge in [-0.2, -0.15) is 0 Å². The number of fused-ring (bicyclic) bond motifs is 1. The number of hydrogen-bond donors (Lipinski definition) is 2. The Morgan fingerprint density at radius 2 is 1.72 bits per heavy atom. The standard InChI is InChI=1S/C25H50O3Si/c1-8-29(9-2,10-3)28-24(5,6)17-15-20(18-26)19(4)21-13-14-22-23(27)12-11-16-25(21,22)7/h19-23,26-27H,8-18H2,1-7H3/t19-,20-,21-,22+,23+,25-/m1/s1. The zero-order chi connectivity index (χ0) is 21.9. The van der Waals surface area contributed by atoms with Crippen molar-refractivity contribution in [1.82, 2.24) is 0 Å². The molecule has 0 aromatic carbocycles. The third kappa shape index (κ3) is 5.48. The van der Waals surface area contributed by atoms with E-state index in [-0.39, 0.29) is 23.7 Å². The highest BCUT2D eigenvalue weighted by Crippen LogP contribution is 2.58. The molecule has 6 atom stereocenters. The van der Waals surface area contributed by atoms with E-state index in [1.807, 2.05) is 0 Å². The first-order valence-corrected chi connectivity index (χ1v) is 15.1. The van der Waals surface area contributed by atoms with Gasteiger partial charge in [0.25, 0.3) is 0 Å². The predicted octanol–water partition coefficient (Wildman–Crippen LogP) is 6.39. The summed E-state index contributed by atoms with van der Waals surface area (Å²) in [7, 11) is -1.62. The maximum atomic E-state index is 10.6.